The fraction of sp³-hybridized carbons (Fsp3) is 0.130. The number of hydrogen-bond donors (Lipinski definition) is 0. The standard InChI is InChI=1S/C23H18F3N6O/c1-15-13-31(14-28-15)19-7-6-16(10-20(19)33-2)22-29-21-12-27-8-9-32(21,30-22)18-5-3-4-17(11-18)23(24,25)26/h3-14H,1-2H3/q+1. The predicted octanol–water partition coefficient (Wildman–Crippen LogP) is 4.84. The molecule has 33 heavy (non-hydrogen) atoms. The van der Waals surface area contributed by atoms with E-state index in [0.29, 0.717) is 28.7 Å². The number of hydrogen-bond acceptors (Lipinski definition) is 5. The Labute approximate surface area is 187 Å². The van der Waals surface area contributed by atoms with Gasteiger partial charge < -0.3 is 9.30 Å². The summed E-state index contributed by atoms with van der Waals surface area (Å²) in [6.07, 6.45) is 3.69. The second-order valence-electron chi connectivity index (χ2n) is 7.51. The minimum absolute atomic E-state index is 0.304. The Morgan fingerprint density at radius 1 is 1.09 bits per heavy atom. The zero-order valence-electron chi connectivity index (χ0n) is 17.7. The summed E-state index contributed by atoms with van der Waals surface area (Å²) in [7, 11) is 1.56. The van der Waals surface area contributed by atoms with E-state index in [0.717, 1.165) is 23.5 Å². The lowest BCUT2D eigenvalue weighted by molar-refractivity contribution is -0.137. The highest BCUT2D eigenvalue weighted by Gasteiger charge is 2.44. The highest BCUT2D eigenvalue weighted by molar-refractivity contribution is 6.39. The molecule has 0 aliphatic carbocycles. The number of aryl methyl sites for hydroxylation is 1. The first kappa shape index (κ1) is 20.8. The van der Waals surface area contributed by atoms with Gasteiger partial charge in [0, 0.05) is 23.9 Å². The minimum atomic E-state index is -4.47. The predicted molar refractivity (Wildman–Crippen MR) is 120 cm³/mol. The number of halogens is 3. The van der Waals surface area contributed by atoms with Gasteiger partial charge in [0.2, 0.25) is 5.84 Å². The second kappa shape index (κ2) is 7.52. The molecular formula is C23H18F3N6O+. The largest absolute Gasteiger partial charge is 0.495 e. The molecule has 0 amide bonds. The van der Waals surface area contributed by atoms with Crippen LogP contribution in [0.2, 0.25) is 0 Å². The summed E-state index contributed by atoms with van der Waals surface area (Å²) in [6, 6.07) is 10.5. The summed E-state index contributed by atoms with van der Waals surface area (Å²) < 4.78 is 47.1. The van der Waals surface area contributed by atoms with Crippen molar-refractivity contribution in [1.82, 2.24) is 14.1 Å². The van der Waals surface area contributed by atoms with Crippen molar-refractivity contribution in [2.24, 2.45) is 15.1 Å². The van der Waals surface area contributed by atoms with Crippen molar-refractivity contribution in [2.45, 2.75) is 13.1 Å². The lowest BCUT2D eigenvalue weighted by Gasteiger charge is -2.24. The first-order valence-corrected chi connectivity index (χ1v) is 9.96. The molecule has 0 saturated heterocycles. The summed E-state index contributed by atoms with van der Waals surface area (Å²) in [6.45, 7) is 1.89. The van der Waals surface area contributed by atoms with Gasteiger partial charge in [0.05, 0.1) is 36.6 Å². The van der Waals surface area contributed by atoms with Crippen LogP contribution in [0.4, 0.5) is 18.9 Å². The molecule has 1 aromatic heterocycles. The van der Waals surface area contributed by atoms with Crippen molar-refractivity contribution in [3.63, 3.8) is 0 Å². The Morgan fingerprint density at radius 3 is 2.67 bits per heavy atom. The lowest BCUT2D eigenvalue weighted by Crippen LogP contribution is -2.44. The topological polar surface area (TPSA) is 64.1 Å². The number of methoxy groups -OCH3 is 1. The van der Waals surface area contributed by atoms with E-state index < -0.39 is 11.7 Å². The number of alkyl halides is 3. The van der Waals surface area contributed by atoms with Crippen molar-refractivity contribution >= 4 is 23.6 Å². The Kier molecular flexibility index (Phi) is 4.75. The molecule has 0 saturated carbocycles. The zero-order valence-corrected chi connectivity index (χ0v) is 17.7. The van der Waals surface area contributed by atoms with Gasteiger partial charge in [-0.3, -0.25) is 4.99 Å². The molecule has 0 bridgehead atoms. The van der Waals surface area contributed by atoms with Crippen LogP contribution in [0.1, 0.15) is 16.8 Å². The first-order chi connectivity index (χ1) is 15.8. The third kappa shape index (κ3) is 3.54. The molecule has 0 N–H and O–H groups in total. The Hall–Kier alpha value is -4.05. The SMILES string of the molecule is COc1cc(C2=N[N+]3(c4cccc(C(F)(F)F)c4)C=CN=CC3=N2)ccc1-n1cnc(C)c1. The lowest BCUT2D eigenvalue weighted by atomic mass is 10.1. The number of fused-ring (bicyclic) bond motifs is 1. The molecule has 166 valence electrons. The van der Waals surface area contributed by atoms with E-state index in [1.165, 1.54) is 18.5 Å². The normalized spacial score (nSPS) is 19.3. The van der Waals surface area contributed by atoms with Crippen LogP contribution in [0, 0.1) is 6.92 Å². The van der Waals surface area contributed by atoms with Crippen molar-refractivity contribution in [2.75, 3.05) is 7.11 Å². The maximum absolute atomic E-state index is 13.3. The molecule has 2 aromatic carbocycles. The van der Waals surface area contributed by atoms with E-state index in [-0.39, 0.29) is 4.59 Å². The summed E-state index contributed by atoms with van der Waals surface area (Å²) in [5.74, 6) is 1.32. The summed E-state index contributed by atoms with van der Waals surface area (Å²) in [5, 5.41) is 4.72. The molecule has 0 fully saturated rings. The number of quaternary nitrogens is 1. The third-order valence-electron chi connectivity index (χ3n) is 5.38. The van der Waals surface area contributed by atoms with Crippen LogP contribution in [0.3, 0.4) is 0 Å². The number of ether oxygens (including phenoxy) is 1. The molecule has 0 radical (unpaired) electrons. The fourth-order valence-corrected chi connectivity index (χ4v) is 3.75. The van der Waals surface area contributed by atoms with Crippen LogP contribution in [-0.2, 0) is 6.18 Å². The molecule has 1 atom stereocenters. The second-order valence-corrected chi connectivity index (χ2v) is 7.51. The number of aliphatic imine (C=N–C) groups is 2. The van der Waals surface area contributed by atoms with Gasteiger partial charge in [-0.05, 0) is 36.3 Å². The quantitative estimate of drug-likeness (QED) is 0.533. The van der Waals surface area contributed by atoms with Gasteiger partial charge in [-0.1, -0.05) is 10.7 Å². The smallest absolute Gasteiger partial charge is 0.416 e. The van der Waals surface area contributed by atoms with E-state index in [1.807, 2.05) is 29.8 Å². The summed E-state index contributed by atoms with van der Waals surface area (Å²) in [5.41, 5.74) is 1.85. The number of benzene rings is 2. The highest BCUT2D eigenvalue weighted by atomic mass is 19.4. The Balaban J connectivity index is 1.60. The van der Waals surface area contributed by atoms with Gasteiger partial charge in [-0.15, -0.1) is 0 Å². The summed E-state index contributed by atoms with van der Waals surface area (Å²) in [4.78, 5) is 12.9. The van der Waals surface area contributed by atoms with Gasteiger partial charge in [0.25, 0.3) is 5.84 Å². The third-order valence-corrected chi connectivity index (χ3v) is 5.38. The van der Waals surface area contributed by atoms with Crippen molar-refractivity contribution in [3.05, 3.63) is 84.2 Å². The van der Waals surface area contributed by atoms with Crippen LogP contribution in [0.5, 0.6) is 5.75 Å². The van der Waals surface area contributed by atoms with E-state index in [2.05, 4.69) is 15.0 Å². The van der Waals surface area contributed by atoms with Gasteiger partial charge in [0.15, 0.2) is 11.9 Å². The van der Waals surface area contributed by atoms with E-state index in [1.54, 1.807) is 31.8 Å². The molecule has 3 heterocycles. The van der Waals surface area contributed by atoms with Gasteiger partial charge >= 0.3 is 6.18 Å². The molecular weight excluding hydrogens is 433 g/mol. The van der Waals surface area contributed by atoms with Crippen LogP contribution in [0.15, 0.2) is 82.5 Å². The maximum Gasteiger partial charge on any atom is 0.416 e. The Morgan fingerprint density at radius 2 is 1.94 bits per heavy atom. The van der Waals surface area contributed by atoms with Crippen molar-refractivity contribution in [3.8, 4) is 11.4 Å². The molecule has 7 nitrogen and oxygen atoms in total. The van der Waals surface area contributed by atoms with Crippen LogP contribution in [-0.4, -0.2) is 34.5 Å². The maximum atomic E-state index is 13.3. The van der Waals surface area contributed by atoms with Crippen LogP contribution < -0.4 is 9.33 Å². The average molecular weight is 451 g/mol. The fourth-order valence-electron chi connectivity index (χ4n) is 3.75. The molecule has 0 spiro atoms. The monoisotopic (exact) mass is 451 g/mol. The molecule has 2 aliphatic heterocycles. The van der Waals surface area contributed by atoms with Crippen LogP contribution in [0.25, 0.3) is 5.69 Å². The van der Waals surface area contributed by atoms with E-state index >= 15 is 0 Å². The van der Waals surface area contributed by atoms with Crippen molar-refractivity contribution in [1.29, 1.82) is 0 Å². The molecule has 1 unspecified atom stereocenters. The van der Waals surface area contributed by atoms with Gasteiger partial charge in [-0.25, -0.2) is 4.98 Å². The Bertz CT molecular complexity index is 1370. The molecule has 10 heteroatoms. The number of rotatable bonds is 4. The molecule has 2 aliphatic rings. The van der Waals surface area contributed by atoms with Gasteiger partial charge in [-0.2, -0.15) is 18.2 Å². The average Bonchev–Trinajstić information content (AvgIpc) is 3.42. The van der Waals surface area contributed by atoms with Crippen LogP contribution >= 0.6 is 0 Å². The minimum Gasteiger partial charge on any atom is -0.495 e. The number of imidazole rings is 1. The molecule has 5 rings (SSSR count). The number of nitrogens with zero attached hydrogens (tertiary/aromatic N) is 6. The molecule has 3 aromatic rings. The summed E-state index contributed by atoms with van der Waals surface area (Å²) >= 11 is 0. The highest BCUT2D eigenvalue weighted by Crippen LogP contribution is 2.37. The van der Waals surface area contributed by atoms with Gasteiger partial charge in [0.1, 0.15) is 12.0 Å². The number of amidine groups is 2. The number of aromatic nitrogens is 2. The van der Waals surface area contributed by atoms with E-state index in [9.17, 15) is 13.2 Å². The van der Waals surface area contributed by atoms with Crippen molar-refractivity contribution < 1.29 is 17.9 Å². The van der Waals surface area contributed by atoms with E-state index in [4.69, 9.17) is 9.84 Å². The zero-order chi connectivity index (χ0) is 23.2. The first-order valence-electron chi connectivity index (χ1n) is 9.96.